The van der Waals surface area contributed by atoms with Gasteiger partial charge in [0.1, 0.15) is 17.8 Å². The zero-order chi connectivity index (χ0) is 21.1. The van der Waals surface area contributed by atoms with Gasteiger partial charge < -0.3 is 24.5 Å². The molecule has 0 atom stereocenters. The number of nitrogens with zero attached hydrogens (tertiary/aromatic N) is 3. The maximum absolute atomic E-state index is 12.2. The van der Waals surface area contributed by atoms with Crippen molar-refractivity contribution < 1.29 is 14.6 Å². The highest BCUT2D eigenvalue weighted by Gasteiger charge is 2.43. The van der Waals surface area contributed by atoms with E-state index in [1.807, 2.05) is 6.07 Å². The Morgan fingerprint density at radius 1 is 1.13 bits per heavy atom. The van der Waals surface area contributed by atoms with Crippen molar-refractivity contribution in [3.05, 3.63) is 29.3 Å². The molecule has 3 heterocycles. The number of likely N-dealkylation sites (tertiary alicyclic amines) is 2. The molecule has 0 radical (unpaired) electrons. The maximum atomic E-state index is 12.2. The summed E-state index contributed by atoms with van der Waals surface area (Å²) < 4.78 is 6.10. The summed E-state index contributed by atoms with van der Waals surface area (Å²) in [7, 11) is 2.13. The summed E-state index contributed by atoms with van der Waals surface area (Å²) in [6.45, 7) is 9.69. The number of likely N-dealkylation sites (N-methyl/N-ethyl adjacent to an activating group) is 1. The van der Waals surface area contributed by atoms with Gasteiger partial charge in [0, 0.05) is 19.1 Å². The van der Waals surface area contributed by atoms with Gasteiger partial charge in [-0.05, 0) is 95.1 Å². The van der Waals surface area contributed by atoms with Crippen LogP contribution in [0.5, 0.6) is 5.75 Å². The Hall–Kier alpha value is -1.63. The minimum atomic E-state index is -0.771. The number of carboxylic acid groups (broad SMARTS) is 1. The van der Waals surface area contributed by atoms with Gasteiger partial charge in [-0.2, -0.15) is 0 Å². The second-order valence-corrected chi connectivity index (χ2v) is 9.49. The van der Waals surface area contributed by atoms with Crippen LogP contribution in [0.25, 0.3) is 0 Å². The summed E-state index contributed by atoms with van der Waals surface area (Å²) in [6, 6.07) is 6.88. The number of carboxylic acids is 1. The van der Waals surface area contributed by atoms with Crippen molar-refractivity contribution >= 4 is 5.97 Å². The summed E-state index contributed by atoms with van der Waals surface area (Å²) in [5, 5.41) is 10.0. The molecule has 2 saturated heterocycles. The number of carbonyl (C=O) groups is 1. The van der Waals surface area contributed by atoms with E-state index < -0.39 is 11.4 Å². The largest absolute Gasteiger partial charge is 0.492 e. The Kier molecular flexibility index (Phi) is 6.66. The van der Waals surface area contributed by atoms with Crippen molar-refractivity contribution in [2.24, 2.45) is 5.41 Å². The zero-order valence-corrected chi connectivity index (χ0v) is 18.6. The van der Waals surface area contributed by atoms with Crippen LogP contribution < -0.4 is 4.74 Å². The summed E-state index contributed by atoms with van der Waals surface area (Å²) in [5.41, 5.74) is 1.92. The standard InChI is InChI=1S/C24H37N3O3/c1-3-26-12-7-21(8-13-26)27-14-9-24(10-15-27,23(28)29)18-30-22-5-4-19-6-11-25(2)17-20(19)16-22/h4-5,16,21H,3,6-15,17-18H2,1-2H3,(H,28,29). The number of aliphatic carboxylic acids is 1. The predicted molar refractivity (Wildman–Crippen MR) is 118 cm³/mol. The van der Waals surface area contributed by atoms with Gasteiger partial charge in [-0.15, -0.1) is 0 Å². The number of hydrogen-bond donors (Lipinski definition) is 1. The first-order chi connectivity index (χ1) is 14.5. The monoisotopic (exact) mass is 415 g/mol. The van der Waals surface area contributed by atoms with Crippen LogP contribution in [0.1, 0.15) is 43.7 Å². The predicted octanol–water partition coefficient (Wildman–Crippen LogP) is 2.70. The fraction of sp³-hybridized carbons (Fsp3) is 0.708. The molecular weight excluding hydrogens is 378 g/mol. The van der Waals surface area contributed by atoms with Crippen molar-refractivity contribution in [1.29, 1.82) is 0 Å². The fourth-order valence-electron chi connectivity index (χ4n) is 5.32. The molecule has 0 saturated carbocycles. The Balaban J connectivity index is 1.34. The molecule has 2 fully saturated rings. The van der Waals surface area contributed by atoms with E-state index in [0.717, 1.165) is 44.9 Å². The molecule has 3 aliphatic heterocycles. The number of benzene rings is 1. The minimum absolute atomic E-state index is 0.263. The topological polar surface area (TPSA) is 56.2 Å². The molecule has 0 spiro atoms. The van der Waals surface area contributed by atoms with Crippen LogP contribution in [0, 0.1) is 5.41 Å². The fourth-order valence-corrected chi connectivity index (χ4v) is 5.32. The Bertz CT molecular complexity index is 737. The maximum Gasteiger partial charge on any atom is 0.313 e. The van der Waals surface area contributed by atoms with Gasteiger partial charge >= 0.3 is 5.97 Å². The quantitative estimate of drug-likeness (QED) is 0.771. The molecule has 0 aliphatic carbocycles. The lowest BCUT2D eigenvalue weighted by molar-refractivity contribution is -0.155. The van der Waals surface area contributed by atoms with Crippen LogP contribution in [-0.4, -0.2) is 84.7 Å². The molecule has 1 aromatic carbocycles. The summed E-state index contributed by atoms with van der Waals surface area (Å²) in [6.07, 6.45) is 4.81. The van der Waals surface area contributed by atoms with Crippen LogP contribution >= 0.6 is 0 Å². The average molecular weight is 416 g/mol. The lowest BCUT2D eigenvalue weighted by Crippen LogP contribution is -2.52. The lowest BCUT2D eigenvalue weighted by atomic mass is 9.78. The molecule has 6 nitrogen and oxygen atoms in total. The van der Waals surface area contributed by atoms with E-state index in [-0.39, 0.29) is 6.61 Å². The zero-order valence-electron chi connectivity index (χ0n) is 18.6. The number of fused-ring (bicyclic) bond motifs is 1. The summed E-state index contributed by atoms with van der Waals surface area (Å²) >= 11 is 0. The van der Waals surface area contributed by atoms with Gasteiger partial charge in [-0.25, -0.2) is 0 Å². The average Bonchev–Trinajstić information content (AvgIpc) is 2.77. The molecule has 3 aliphatic rings. The van der Waals surface area contributed by atoms with E-state index in [0.29, 0.717) is 18.9 Å². The van der Waals surface area contributed by atoms with Gasteiger partial charge in [0.25, 0.3) is 0 Å². The highest BCUT2D eigenvalue weighted by atomic mass is 16.5. The first kappa shape index (κ1) is 21.6. The molecule has 30 heavy (non-hydrogen) atoms. The molecule has 1 aromatic rings. The Morgan fingerprint density at radius 2 is 1.87 bits per heavy atom. The molecule has 0 amide bonds. The highest BCUT2D eigenvalue weighted by Crippen LogP contribution is 2.35. The van der Waals surface area contributed by atoms with E-state index in [4.69, 9.17) is 4.74 Å². The Morgan fingerprint density at radius 3 is 2.53 bits per heavy atom. The van der Waals surface area contributed by atoms with Gasteiger partial charge in [0.15, 0.2) is 0 Å². The minimum Gasteiger partial charge on any atom is -0.492 e. The third kappa shape index (κ3) is 4.66. The van der Waals surface area contributed by atoms with E-state index in [2.05, 4.69) is 40.8 Å². The van der Waals surface area contributed by atoms with Crippen molar-refractivity contribution in [2.75, 3.05) is 52.9 Å². The highest BCUT2D eigenvalue weighted by molar-refractivity contribution is 5.75. The number of hydrogen-bond acceptors (Lipinski definition) is 5. The van der Waals surface area contributed by atoms with Crippen molar-refractivity contribution in [3.63, 3.8) is 0 Å². The lowest BCUT2D eigenvalue weighted by Gasteiger charge is -2.44. The Labute approximate surface area is 180 Å². The van der Waals surface area contributed by atoms with Crippen molar-refractivity contribution in [3.8, 4) is 5.75 Å². The molecule has 4 rings (SSSR count). The first-order valence-electron chi connectivity index (χ1n) is 11.6. The molecule has 166 valence electrons. The van der Waals surface area contributed by atoms with Gasteiger partial charge in [0.2, 0.25) is 0 Å². The van der Waals surface area contributed by atoms with E-state index >= 15 is 0 Å². The molecule has 0 aromatic heterocycles. The molecule has 0 unspecified atom stereocenters. The second-order valence-electron chi connectivity index (χ2n) is 9.49. The third-order valence-corrected chi connectivity index (χ3v) is 7.63. The normalized spacial score (nSPS) is 23.8. The molecule has 0 bridgehead atoms. The first-order valence-corrected chi connectivity index (χ1v) is 11.6. The second kappa shape index (κ2) is 9.25. The van der Waals surface area contributed by atoms with Gasteiger partial charge in [-0.3, -0.25) is 4.79 Å². The van der Waals surface area contributed by atoms with Crippen LogP contribution in [0.3, 0.4) is 0 Å². The number of rotatable bonds is 6. The van der Waals surface area contributed by atoms with Crippen LogP contribution in [0.2, 0.25) is 0 Å². The number of ether oxygens (including phenoxy) is 1. The van der Waals surface area contributed by atoms with Crippen molar-refractivity contribution in [2.45, 2.75) is 51.6 Å². The van der Waals surface area contributed by atoms with Crippen LogP contribution in [0.15, 0.2) is 18.2 Å². The molecule has 6 heteroatoms. The van der Waals surface area contributed by atoms with Gasteiger partial charge in [-0.1, -0.05) is 13.0 Å². The van der Waals surface area contributed by atoms with E-state index in [9.17, 15) is 9.90 Å². The smallest absolute Gasteiger partial charge is 0.313 e. The van der Waals surface area contributed by atoms with E-state index in [1.165, 1.54) is 37.1 Å². The molecule has 1 N–H and O–H groups in total. The SMILES string of the molecule is CCN1CCC(N2CCC(COc3ccc4c(c3)CN(C)CC4)(C(=O)O)CC2)CC1. The summed E-state index contributed by atoms with van der Waals surface area (Å²) in [5.74, 6) is 0.0969. The summed E-state index contributed by atoms with van der Waals surface area (Å²) in [4.78, 5) is 19.6. The van der Waals surface area contributed by atoms with Gasteiger partial charge in [0.05, 0.1) is 0 Å². The van der Waals surface area contributed by atoms with Crippen molar-refractivity contribution in [1.82, 2.24) is 14.7 Å². The van der Waals surface area contributed by atoms with Crippen LogP contribution in [-0.2, 0) is 17.8 Å². The third-order valence-electron chi connectivity index (χ3n) is 7.63. The number of piperidine rings is 2. The van der Waals surface area contributed by atoms with Crippen LogP contribution in [0.4, 0.5) is 0 Å². The molecular formula is C24H37N3O3. The van der Waals surface area contributed by atoms with E-state index in [1.54, 1.807) is 0 Å².